The molecule has 0 radical (unpaired) electrons. The van der Waals surface area contributed by atoms with Crippen LogP contribution in [0, 0.1) is 0 Å². The molecule has 1 heterocycles. The Labute approximate surface area is 135 Å². The van der Waals surface area contributed by atoms with E-state index in [1.807, 2.05) is 56.7 Å². The van der Waals surface area contributed by atoms with Crippen molar-refractivity contribution in [1.29, 1.82) is 0 Å². The molecule has 3 rings (SSSR count). The van der Waals surface area contributed by atoms with Crippen LogP contribution in [0.15, 0.2) is 24.3 Å². The number of hydrogen-bond acceptors (Lipinski definition) is 3. The Balaban J connectivity index is 1.68. The van der Waals surface area contributed by atoms with Crippen molar-refractivity contribution in [2.75, 3.05) is 0 Å². The Kier molecular flexibility index (Phi) is 3.70. The Bertz CT molecular complexity index is 726. The van der Waals surface area contributed by atoms with E-state index in [-0.39, 0.29) is 12.1 Å². The van der Waals surface area contributed by atoms with Crippen molar-refractivity contribution >= 4 is 17.1 Å². The molecule has 0 unspecified atom stereocenters. The summed E-state index contributed by atoms with van der Waals surface area (Å²) in [6, 6.07) is 8.48. The smallest absolute Gasteiger partial charge is 0.407 e. The highest BCUT2D eigenvalue weighted by atomic mass is 16.5. The lowest BCUT2D eigenvalue weighted by molar-refractivity contribution is -0.0172. The number of rotatable bonds is 3. The second-order valence-electron chi connectivity index (χ2n) is 7.13. The van der Waals surface area contributed by atoms with E-state index in [1.165, 1.54) is 4.90 Å². The molecule has 0 saturated heterocycles. The number of ether oxygens (including phenoxy) is 1. The summed E-state index contributed by atoms with van der Waals surface area (Å²) < 4.78 is 7.90. The molecule has 6 nitrogen and oxygen atoms in total. The normalized spacial score (nSPS) is 21.0. The fraction of sp³-hybridized carbons (Fsp3) is 0.529. The first kappa shape index (κ1) is 15.6. The molecular formula is C17H23N3O3. The largest absolute Gasteiger partial charge is 0.465 e. The van der Waals surface area contributed by atoms with Crippen molar-refractivity contribution in [1.82, 2.24) is 14.5 Å². The molecule has 0 bridgehead atoms. The maximum Gasteiger partial charge on any atom is 0.407 e. The van der Waals surface area contributed by atoms with Crippen molar-refractivity contribution in [3.05, 3.63) is 24.3 Å². The minimum absolute atomic E-state index is 0.00665. The van der Waals surface area contributed by atoms with Crippen molar-refractivity contribution in [3.8, 4) is 6.01 Å². The third kappa shape index (κ3) is 2.85. The first-order valence-corrected chi connectivity index (χ1v) is 7.87. The van der Waals surface area contributed by atoms with Crippen LogP contribution in [0.25, 0.3) is 11.0 Å². The van der Waals surface area contributed by atoms with Gasteiger partial charge in [0.25, 0.3) is 6.01 Å². The highest BCUT2D eigenvalue weighted by Gasteiger charge is 2.42. The van der Waals surface area contributed by atoms with E-state index in [0.717, 1.165) is 11.0 Å². The molecule has 1 aliphatic rings. The topological polar surface area (TPSA) is 67.6 Å². The lowest BCUT2D eigenvalue weighted by atomic mass is 9.85. The van der Waals surface area contributed by atoms with E-state index in [1.54, 1.807) is 0 Å². The van der Waals surface area contributed by atoms with Crippen LogP contribution in [-0.2, 0) is 7.05 Å². The van der Waals surface area contributed by atoms with E-state index in [2.05, 4.69) is 4.98 Å². The first-order valence-electron chi connectivity index (χ1n) is 7.87. The number of nitrogens with zero attached hydrogens (tertiary/aromatic N) is 3. The molecule has 0 aliphatic heterocycles. The van der Waals surface area contributed by atoms with Gasteiger partial charge in [-0.25, -0.2) is 4.79 Å². The van der Waals surface area contributed by atoms with E-state index in [4.69, 9.17) is 4.74 Å². The summed E-state index contributed by atoms with van der Waals surface area (Å²) in [6.07, 6.45) is 0.544. The second-order valence-corrected chi connectivity index (χ2v) is 7.13. The zero-order valence-corrected chi connectivity index (χ0v) is 14.0. The van der Waals surface area contributed by atoms with Crippen LogP contribution in [0.1, 0.15) is 33.6 Å². The number of fused-ring (bicyclic) bond motifs is 1. The number of aromatic nitrogens is 2. The average Bonchev–Trinajstić information content (AvgIpc) is 2.71. The van der Waals surface area contributed by atoms with Gasteiger partial charge in [0.05, 0.1) is 11.0 Å². The van der Waals surface area contributed by atoms with Gasteiger partial charge in [-0.2, -0.15) is 4.98 Å². The number of imidazole rings is 1. The third-order valence-electron chi connectivity index (χ3n) is 4.38. The van der Waals surface area contributed by atoms with Crippen LogP contribution in [-0.4, -0.2) is 43.3 Å². The number of carboxylic acid groups (broad SMARTS) is 1. The monoisotopic (exact) mass is 317 g/mol. The van der Waals surface area contributed by atoms with Crippen LogP contribution in [0.2, 0.25) is 0 Å². The van der Waals surface area contributed by atoms with Crippen molar-refractivity contribution in [2.24, 2.45) is 7.05 Å². The fourth-order valence-electron chi connectivity index (χ4n) is 3.21. The number of para-hydroxylation sites is 2. The molecule has 23 heavy (non-hydrogen) atoms. The molecule has 124 valence electrons. The summed E-state index contributed by atoms with van der Waals surface area (Å²) in [5, 5.41) is 9.43. The molecule has 1 saturated carbocycles. The minimum Gasteiger partial charge on any atom is -0.465 e. The number of amides is 1. The maximum absolute atomic E-state index is 11.5. The van der Waals surface area contributed by atoms with Gasteiger partial charge in [-0.1, -0.05) is 12.1 Å². The van der Waals surface area contributed by atoms with Gasteiger partial charge in [-0.15, -0.1) is 0 Å². The number of hydrogen-bond donors (Lipinski definition) is 1. The lowest BCUT2D eigenvalue weighted by Crippen LogP contribution is -2.58. The number of aryl methyl sites for hydroxylation is 1. The maximum atomic E-state index is 11.5. The van der Waals surface area contributed by atoms with Crippen molar-refractivity contribution < 1.29 is 14.6 Å². The van der Waals surface area contributed by atoms with E-state index in [9.17, 15) is 9.90 Å². The summed E-state index contributed by atoms with van der Waals surface area (Å²) in [5.74, 6) is 0. The molecule has 1 fully saturated rings. The number of benzene rings is 1. The SMILES string of the molecule is Cn1c(O[C@H]2C[C@H](N(C(=O)O)C(C)(C)C)C2)nc2ccccc21. The molecule has 1 N–H and O–H groups in total. The molecule has 0 atom stereocenters. The zero-order valence-electron chi connectivity index (χ0n) is 14.0. The number of carbonyl (C=O) groups is 1. The highest BCUT2D eigenvalue weighted by molar-refractivity contribution is 5.76. The fourth-order valence-corrected chi connectivity index (χ4v) is 3.21. The summed E-state index contributed by atoms with van der Waals surface area (Å²) in [7, 11) is 1.93. The Morgan fingerprint density at radius 2 is 2.00 bits per heavy atom. The van der Waals surface area contributed by atoms with Crippen LogP contribution in [0.4, 0.5) is 4.79 Å². The van der Waals surface area contributed by atoms with E-state index >= 15 is 0 Å². The predicted octanol–water partition coefficient (Wildman–Crippen LogP) is 3.26. The summed E-state index contributed by atoms with van der Waals surface area (Å²) in [6.45, 7) is 5.75. The van der Waals surface area contributed by atoms with Gasteiger partial charge in [0.2, 0.25) is 0 Å². The van der Waals surface area contributed by atoms with Gasteiger partial charge in [0.15, 0.2) is 0 Å². The van der Waals surface area contributed by atoms with Gasteiger partial charge in [-0.3, -0.25) is 4.57 Å². The molecule has 6 heteroatoms. The Morgan fingerprint density at radius 3 is 2.57 bits per heavy atom. The van der Waals surface area contributed by atoms with Crippen LogP contribution >= 0.6 is 0 Å². The standard InChI is InChI=1S/C17H23N3O3/c1-17(2,3)20(16(21)22)11-9-12(10-11)23-15-18-13-7-5-6-8-14(13)19(15)4/h5-8,11-12H,9-10H2,1-4H3,(H,21,22)/t11-,12-. The molecule has 1 aromatic carbocycles. The van der Waals surface area contributed by atoms with Crippen molar-refractivity contribution in [2.45, 2.75) is 51.3 Å². The van der Waals surface area contributed by atoms with Crippen LogP contribution < -0.4 is 4.74 Å². The lowest BCUT2D eigenvalue weighted by Gasteiger charge is -2.46. The summed E-state index contributed by atoms with van der Waals surface area (Å²) in [4.78, 5) is 17.5. The molecule has 2 aromatic rings. The minimum atomic E-state index is -0.872. The second kappa shape index (κ2) is 5.44. The molecular weight excluding hydrogens is 294 g/mol. The zero-order chi connectivity index (χ0) is 16.8. The first-order chi connectivity index (χ1) is 10.8. The van der Waals surface area contributed by atoms with Gasteiger partial charge < -0.3 is 14.7 Å². The molecule has 1 amide bonds. The Hall–Kier alpha value is -2.24. The van der Waals surface area contributed by atoms with E-state index in [0.29, 0.717) is 18.9 Å². The molecule has 0 spiro atoms. The molecule has 1 aromatic heterocycles. The van der Waals surface area contributed by atoms with E-state index < -0.39 is 11.6 Å². The van der Waals surface area contributed by atoms with Gasteiger partial charge in [0, 0.05) is 31.5 Å². The van der Waals surface area contributed by atoms with Crippen LogP contribution in [0.3, 0.4) is 0 Å². The molecule has 1 aliphatic carbocycles. The van der Waals surface area contributed by atoms with Gasteiger partial charge in [0.1, 0.15) is 6.10 Å². The van der Waals surface area contributed by atoms with Gasteiger partial charge in [-0.05, 0) is 32.9 Å². The average molecular weight is 317 g/mol. The predicted molar refractivity (Wildman–Crippen MR) is 87.8 cm³/mol. The third-order valence-corrected chi connectivity index (χ3v) is 4.38. The summed E-state index contributed by atoms with van der Waals surface area (Å²) in [5.41, 5.74) is 1.53. The summed E-state index contributed by atoms with van der Waals surface area (Å²) >= 11 is 0. The van der Waals surface area contributed by atoms with Gasteiger partial charge >= 0.3 is 6.09 Å². The quantitative estimate of drug-likeness (QED) is 0.943. The van der Waals surface area contributed by atoms with Crippen molar-refractivity contribution in [3.63, 3.8) is 0 Å². The van der Waals surface area contributed by atoms with Crippen LogP contribution in [0.5, 0.6) is 6.01 Å². The Morgan fingerprint density at radius 1 is 1.35 bits per heavy atom. The highest BCUT2D eigenvalue weighted by Crippen LogP contribution is 2.34.